The van der Waals surface area contributed by atoms with Gasteiger partial charge in [-0.2, -0.15) is 0 Å². The molecular weight excluding hydrogens is 294 g/mol. The zero-order valence-corrected chi connectivity index (χ0v) is 12.6. The molecule has 0 saturated heterocycles. The monoisotopic (exact) mass is 311 g/mol. The molecule has 2 rings (SSSR count). The summed E-state index contributed by atoms with van der Waals surface area (Å²) in [4.78, 5) is 23.0. The summed E-state index contributed by atoms with van der Waals surface area (Å²) in [5.74, 6) is -1.51. The van der Waals surface area contributed by atoms with E-state index in [9.17, 15) is 9.59 Å². The molecule has 23 heavy (non-hydrogen) atoms. The van der Waals surface area contributed by atoms with Gasteiger partial charge in [0.05, 0.1) is 17.9 Å². The summed E-state index contributed by atoms with van der Waals surface area (Å²) in [5, 5.41) is 20.8. The van der Waals surface area contributed by atoms with Crippen molar-refractivity contribution in [2.24, 2.45) is 0 Å². The number of benzene rings is 2. The van der Waals surface area contributed by atoms with Gasteiger partial charge in [-0.1, -0.05) is 30.3 Å². The summed E-state index contributed by atoms with van der Waals surface area (Å²) in [6, 6.07) is 11.7. The lowest BCUT2D eigenvalue weighted by atomic mass is 10.1. The van der Waals surface area contributed by atoms with E-state index in [1.54, 1.807) is 30.3 Å². The number of para-hydroxylation sites is 1. The van der Waals surface area contributed by atoms with Crippen LogP contribution in [-0.4, -0.2) is 22.1 Å². The van der Waals surface area contributed by atoms with Crippen LogP contribution in [0.4, 0.5) is 5.69 Å². The van der Waals surface area contributed by atoms with E-state index >= 15 is 0 Å². The van der Waals surface area contributed by atoms with Crippen LogP contribution in [0.3, 0.4) is 0 Å². The second-order valence-corrected chi connectivity index (χ2v) is 5.02. The van der Waals surface area contributed by atoms with Crippen molar-refractivity contribution in [2.45, 2.75) is 13.5 Å². The topological polar surface area (TPSA) is 86.6 Å². The maximum atomic E-state index is 11.9. The van der Waals surface area contributed by atoms with Crippen LogP contribution in [0.15, 0.2) is 48.5 Å². The molecule has 0 spiro atoms. The number of carbonyl (C=O) groups excluding carboxylic acids is 1. The normalized spacial score (nSPS) is 10.7. The summed E-state index contributed by atoms with van der Waals surface area (Å²) in [6.07, 6.45) is 2.97. The number of carboxylic acid groups (broad SMARTS) is 1. The first-order valence-corrected chi connectivity index (χ1v) is 7.03. The number of rotatable bonds is 5. The molecule has 0 unspecified atom stereocenters. The predicted molar refractivity (Wildman–Crippen MR) is 88.2 cm³/mol. The number of aromatic carboxylic acids is 1. The molecule has 0 aliphatic carbocycles. The first kappa shape index (κ1) is 16.5. The number of aliphatic hydroxyl groups excluding tert-OH is 1. The van der Waals surface area contributed by atoms with E-state index < -0.39 is 11.9 Å². The minimum Gasteiger partial charge on any atom is -0.478 e. The van der Waals surface area contributed by atoms with Crippen molar-refractivity contribution >= 4 is 23.6 Å². The van der Waals surface area contributed by atoms with E-state index in [-0.39, 0.29) is 17.9 Å². The van der Waals surface area contributed by atoms with Gasteiger partial charge in [-0.25, -0.2) is 4.79 Å². The largest absolute Gasteiger partial charge is 0.478 e. The quantitative estimate of drug-likeness (QED) is 0.741. The van der Waals surface area contributed by atoms with Crippen LogP contribution in [0, 0.1) is 6.92 Å². The third kappa shape index (κ3) is 4.28. The van der Waals surface area contributed by atoms with Gasteiger partial charge in [0.2, 0.25) is 5.91 Å². The zero-order chi connectivity index (χ0) is 16.8. The Morgan fingerprint density at radius 1 is 1.17 bits per heavy atom. The third-order valence-electron chi connectivity index (χ3n) is 3.38. The lowest BCUT2D eigenvalue weighted by Crippen LogP contribution is -2.11. The maximum absolute atomic E-state index is 11.9. The van der Waals surface area contributed by atoms with E-state index in [0.29, 0.717) is 0 Å². The molecule has 1 amide bonds. The van der Waals surface area contributed by atoms with Crippen molar-refractivity contribution in [2.75, 3.05) is 5.32 Å². The highest BCUT2D eigenvalue weighted by Crippen LogP contribution is 2.15. The fraction of sp³-hybridized carbons (Fsp3) is 0.111. The number of aryl methyl sites for hydroxylation is 1. The zero-order valence-electron chi connectivity index (χ0n) is 12.6. The average Bonchev–Trinajstić information content (AvgIpc) is 2.53. The minimum atomic E-state index is -1.10. The molecule has 0 radical (unpaired) electrons. The molecule has 0 saturated carbocycles. The van der Waals surface area contributed by atoms with Gasteiger partial charge in [0.1, 0.15) is 0 Å². The van der Waals surface area contributed by atoms with E-state index in [0.717, 1.165) is 16.7 Å². The number of amides is 1. The predicted octanol–water partition coefficient (Wildman–Crippen LogP) is 2.84. The molecule has 0 aliphatic heterocycles. The van der Waals surface area contributed by atoms with Gasteiger partial charge in [-0.15, -0.1) is 0 Å². The van der Waals surface area contributed by atoms with Gasteiger partial charge in [-0.05, 0) is 41.8 Å². The first-order valence-electron chi connectivity index (χ1n) is 7.03. The minimum absolute atomic E-state index is 0.0255. The van der Waals surface area contributed by atoms with Crippen LogP contribution >= 0.6 is 0 Å². The molecular formula is C18H17NO4. The molecule has 0 bridgehead atoms. The molecule has 2 aromatic carbocycles. The van der Waals surface area contributed by atoms with Crippen LogP contribution in [0.1, 0.15) is 27.0 Å². The lowest BCUT2D eigenvalue weighted by molar-refractivity contribution is -0.111. The van der Waals surface area contributed by atoms with Gasteiger partial charge in [0.15, 0.2) is 0 Å². The van der Waals surface area contributed by atoms with E-state index in [4.69, 9.17) is 10.2 Å². The summed E-state index contributed by atoms with van der Waals surface area (Å²) < 4.78 is 0. The fourth-order valence-electron chi connectivity index (χ4n) is 2.13. The molecule has 3 N–H and O–H groups in total. The molecule has 2 aromatic rings. The van der Waals surface area contributed by atoms with Gasteiger partial charge in [0, 0.05) is 6.08 Å². The smallest absolute Gasteiger partial charge is 0.337 e. The highest BCUT2D eigenvalue weighted by Gasteiger charge is 2.10. The summed E-state index contributed by atoms with van der Waals surface area (Å²) >= 11 is 0. The standard InChI is InChI=1S/C18H17NO4/c1-12-10-13(6-8-14(12)11-20)7-9-17(21)19-16-5-3-2-4-15(16)18(22)23/h2-10,20H,11H2,1H3,(H,19,21)(H,22,23)/b9-7+. The molecule has 0 fully saturated rings. The van der Waals surface area contributed by atoms with Gasteiger partial charge in [0.25, 0.3) is 0 Å². The second-order valence-electron chi connectivity index (χ2n) is 5.02. The van der Waals surface area contributed by atoms with Crippen LogP contribution in [0.25, 0.3) is 6.08 Å². The highest BCUT2D eigenvalue weighted by atomic mass is 16.4. The molecule has 0 aromatic heterocycles. The Hall–Kier alpha value is -2.92. The van der Waals surface area contributed by atoms with Gasteiger partial charge >= 0.3 is 5.97 Å². The van der Waals surface area contributed by atoms with Crippen molar-refractivity contribution in [1.82, 2.24) is 0 Å². The number of carbonyl (C=O) groups is 2. The number of carboxylic acids is 1. The fourth-order valence-corrected chi connectivity index (χ4v) is 2.13. The molecule has 0 atom stereocenters. The van der Waals surface area contributed by atoms with Crippen LogP contribution in [-0.2, 0) is 11.4 Å². The Morgan fingerprint density at radius 2 is 1.91 bits per heavy atom. The average molecular weight is 311 g/mol. The van der Waals surface area contributed by atoms with E-state index in [1.807, 2.05) is 13.0 Å². The van der Waals surface area contributed by atoms with Crippen molar-refractivity contribution in [3.8, 4) is 0 Å². The Labute approximate surface area is 133 Å². The lowest BCUT2D eigenvalue weighted by Gasteiger charge is -2.06. The summed E-state index contributed by atoms with van der Waals surface area (Å²) in [6.45, 7) is 1.86. The summed E-state index contributed by atoms with van der Waals surface area (Å²) in [7, 11) is 0. The Balaban J connectivity index is 2.11. The van der Waals surface area contributed by atoms with Crippen molar-refractivity contribution in [3.05, 3.63) is 70.8 Å². The van der Waals surface area contributed by atoms with Gasteiger partial charge < -0.3 is 15.5 Å². The number of hydrogen-bond donors (Lipinski definition) is 3. The first-order chi connectivity index (χ1) is 11.0. The third-order valence-corrected chi connectivity index (χ3v) is 3.38. The molecule has 5 heteroatoms. The Bertz CT molecular complexity index is 765. The van der Waals surface area contributed by atoms with Crippen molar-refractivity contribution in [3.63, 3.8) is 0 Å². The van der Waals surface area contributed by atoms with Crippen molar-refractivity contribution < 1.29 is 19.8 Å². The van der Waals surface area contributed by atoms with E-state index in [1.165, 1.54) is 18.2 Å². The number of nitrogens with one attached hydrogen (secondary N) is 1. The van der Waals surface area contributed by atoms with Crippen LogP contribution < -0.4 is 5.32 Å². The van der Waals surface area contributed by atoms with Crippen LogP contribution in [0.5, 0.6) is 0 Å². The van der Waals surface area contributed by atoms with Gasteiger partial charge in [-0.3, -0.25) is 4.79 Å². The Morgan fingerprint density at radius 3 is 2.57 bits per heavy atom. The van der Waals surface area contributed by atoms with Crippen LogP contribution in [0.2, 0.25) is 0 Å². The number of hydrogen-bond acceptors (Lipinski definition) is 3. The highest BCUT2D eigenvalue weighted by molar-refractivity contribution is 6.06. The Kier molecular flexibility index (Phi) is 5.28. The molecule has 0 heterocycles. The maximum Gasteiger partial charge on any atom is 0.337 e. The molecule has 5 nitrogen and oxygen atoms in total. The van der Waals surface area contributed by atoms with Crippen molar-refractivity contribution in [1.29, 1.82) is 0 Å². The molecule has 0 aliphatic rings. The number of aliphatic hydroxyl groups is 1. The second kappa shape index (κ2) is 7.38. The number of anilines is 1. The summed E-state index contributed by atoms with van der Waals surface area (Å²) in [5.41, 5.74) is 2.88. The SMILES string of the molecule is Cc1cc(/C=C/C(=O)Nc2ccccc2C(=O)O)ccc1CO. The van der Waals surface area contributed by atoms with E-state index in [2.05, 4.69) is 5.32 Å². The molecule has 118 valence electrons.